The number of nitrogens with zero attached hydrogens (tertiary/aromatic N) is 1. The first-order chi connectivity index (χ1) is 11.4. The average Bonchev–Trinajstić information content (AvgIpc) is 2.56. The summed E-state index contributed by atoms with van der Waals surface area (Å²) in [6.45, 7) is 1.58. The van der Waals surface area contributed by atoms with Crippen LogP contribution in [0.25, 0.3) is 0 Å². The van der Waals surface area contributed by atoms with E-state index in [4.69, 9.17) is 4.74 Å². The van der Waals surface area contributed by atoms with Crippen molar-refractivity contribution in [2.24, 2.45) is 0 Å². The summed E-state index contributed by atoms with van der Waals surface area (Å²) >= 11 is 0. The molecule has 0 aliphatic heterocycles. The molecule has 0 aliphatic rings. The summed E-state index contributed by atoms with van der Waals surface area (Å²) in [5.74, 6) is -0.689. The Labute approximate surface area is 137 Å². The zero-order chi connectivity index (χ0) is 17.7. The Morgan fingerprint density at radius 3 is 2.62 bits per heavy atom. The van der Waals surface area contributed by atoms with E-state index in [0.29, 0.717) is 5.69 Å². The highest BCUT2D eigenvalue weighted by Crippen LogP contribution is 2.26. The molecule has 2 aromatic rings. The Hall–Kier alpha value is -3.16. The molecular weight excluding hydrogens is 317 g/mol. The van der Waals surface area contributed by atoms with Crippen LogP contribution in [0.1, 0.15) is 6.92 Å². The van der Waals surface area contributed by atoms with Gasteiger partial charge in [0.25, 0.3) is 5.69 Å². The predicted molar refractivity (Wildman–Crippen MR) is 87.8 cm³/mol. The smallest absolute Gasteiger partial charge is 0.292 e. The molecule has 2 N–H and O–H groups in total. The molecular formula is C16H16FN3O4. The second kappa shape index (κ2) is 7.40. The molecule has 0 radical (unpaired) electrons. The van der Waals surface area contributed by atoms with Crippen molar-refractivity contribution in [2.75, 3.05) is 17.7 Å². The van der Waals surface area contributed by atoms with Gasteiger partial charge in [-0.1, -0.05) is 12.1 Å². The van der Waals surface area contributed by atoms with Crippen LogP contribution in [0.15, 0.2) is 42.5 Å². The number of anilines is 2. The van der Waals surface area contributed by atoms with Crippen LogP contribution in [0.3, 0.4) is 0 Å². The van der Waals surface area contributed by atoms with Gasteiger partial charge < -0.3 is 15.4 Å². The normalized spacial score (nSPS) is 11.5. The van der Waals surface area contributed by atoms with Crippen molar-refractivity contribution in [3.8, 4) is 5.75 Å². The molecule has 1 amide bonds. The molecule has 1 atom stereocenters. The Morgan fingerprint density at radius 1 is 1.25 bits per heavy atom. The number of carbonyl (C=O) groups excluding carboxylic acids is 1. The summed E-state index contributed by atoms with van der Waals surface area (Å²) in [6.07, 6.45) is 0. The monoisotopic (exact) mass is 333 g/mol. The summed E-state index contributed by atoms with van der Waals surface area (Å²) in [7, 11) is 1.39. The molecule has 0 aromatic heterocycles. The molecule has 0 saturated carbocycles. The van der Waals surface area contributed by atoms with Gasteiger partial charge in [0.1, 0.15) is 23.3 Å². The maximum absolute atomic E-state index is 13.2. The van der Waals surface area contributed by atoms with Gasteiger partial charge in [0.2, 0.25) is 5.91 Å². The number of halogens is 1. The van der Waals surface area contributed by atoms with Crippen molar-refractivity contribution in [1.29, 1.82) is 0 Å². The number of para-hydroxylation sites is 2. The molecule has 0 heterocycles. The predicted octanol–water partition coefficient (Wildman–Crippen LogP) is 3.18. The Kier molecular flexibility index (Phi) is 5.31. The van der Waals surface area contributed by atoms with Crippen LogP contribution in [0, 0.1) is 15.9 Å². The van der Waals surface area contributed by atoms with Gasteiger partial charge in [0.05, 0.1) is 17.7 Å². The van der Waals surface area contributed by atoms with E-state index >= 15 is 0 Å². The number of methoxy groups -OCH3 is 1. The number of ether oxygens (including phenoxy) is 1. The lowest BCUT2D eigenvalue weighted by molar-refractivity contribution is -0.383. The number of benzene rings is 2. The molecule has 24 heavy (non-hydrogen) atoms. The number of nitro benzene ring substituents is 1. The molecule has 7 nitrogen and oxygen atoms in total. The number of nitrogens with one attached hydrogen (secondary N) is 2. The van der Waals surface area contributed by atoms with E-state index in [9.17, 15) is 19.3 Å². The van der Waals surface area contributed by atoms with Gasteiger partial charge in [0, 0.05) is 12.1 Å². The zero-order valence-corrected chi connectivity index (χ0v) is 13.1. The van der Waals surface area contributed by atoms with E-state index in [1.54, 1.807) is 13.0 Å². The second-order valence-electron chi connectivity index (χ2n) is 4.97. The van der Waals surface area contributed by atoms with Crippen molar-refractivity contribution in [1.82, 2.24) is 0 Å². The fourth-order valence-electron chi connectivity index (χ4n) is 2.06. The quantitative estimate of drug-likeness (QED) is 0.625. The fraction of sp³-hybridized carbons (Fsp3) is 0.188. The van der Waals surface area contributed by atoms with E-state index in [2.05, 4.69) is 10.6 Å². The maximum atomic E-state index is 13.2. The molecule has 2 aromatic carbocycles. The van der Waals surface area contributed by atoms with Crippen LogP contribution < -0.4 is 15.4 Å². The minimum atomic E-state index is -0.732. The largest absolute Gasteiger partial charge is 0.494 e. The van der Waals surface area contributed by atoms with Crippen LogP contribution in [0.4, 0.5) is 21.5 Å². The van der Waals surface area contributed by atoms with Crippen molar-refractivity contribution in [3.63, 3.8) is 0 Å². The van der Waals surface area contributed by atoms with E-state index in [0.717, 1.165) is 0 Å². The average molecular weight is 333 g/mol. The van der Waals surface area contributed by atoms with Gasteiger partial charge in [-0.15, -0.1) is 0 Å². The summed E-state index contributed by atoms with van der Waals surface area (Å²) in [6, 6.07) is 8.99. The number of amides is 1. The van der Waals surface area contributed by atoms with Gasteiger partial charge in [-0.3, -0.25) is 14.9 Å². The Balaban J connectivity index is 2.12. The minimum absolute atomic E-state index is 0.104. The number of hydrogen-bond acceptors (Lipinski definition) is 5. The molecule has 2 rings (SSSR count). The van der Waals surface area contributed by atoms with Crippen molar-refractivity contribution in [3.05, 3.63) is 58.4 Å². The van der Waals surface area contributed by atoms with Crippen LogP contribution >= 0.6 is 0 Å². The van der Waals surface area contributed by atoms with Gasteiger partial charge >= 0.3 is 0 Å². The highest BCUT2D eigenvalue weighted by molar-refractivity contribution is 5.98. The number of carbonyl (C=O) groups is 1. The topological polar surface area (TPSA) is 93.5 Å². The SMILES string of the molecule is COc1cc(F)ccc1NC(C)C(=O)Nc1ccccc1[N+](=O)[O-]. The summed E-state index contributed by atoms with van der Waals surface area (Å²) in [5.41, 5.74) is 0.341. The molecule has 0 aliphatic carbocycles. The van der Waals surface area contributed by atoms with E-state index < -0.39 is 22.7 Å². The Bertz CT molecular complexity index is 767. The summed E-state index contributed by atoms with van der Waals surface area (Å²) in [4.78, 5) is 22.6. The van der Waals surface area contributed by atoms with Gasteiger partial charge in [0.15, 0.2) is 0 Å². The molecule has 1 unspecified atom stereocenters. The van der Waals surface area contributed by atoms with Crippen LogP contribution in [-0.2, 0) is 4.79 Å². The lowest BCUT2D eigenvalue weighted by atomic mass is 10.2. The third-order valence-corrected chi connectivity index (χ3v) is 3.29. The first-order valence-corrected chi connectivity index (χ1v) is 7.06. The number of nitro groups is 1. The molecule has 0 fully saturated rings. The van der Waals surface area contributed by atoms with E-state index in [1.165, 1.54) is 43.5 Å². The highest BCUT2D eigenvalue weighted by atomic mass is 19.1. The summed E-state index contributed by atoms with van der Waals surface area (Å²) < 4.78 is 18.2. The first kappa shape index (κ1) is 17.2. The van der Waals surface area contributed by atoms with Crippen LogP contribution in [0.5, 0.6) is 5.75 Å². The van der Waals surface area contributed by atoms with E-state index in [1.807, 2.05) is 0 Å². The fourth-order valence-corrected chi connectivity index (χ4v) is 2.06. The minimum Gasteiger partial charge on any atom is -0.494 e. The van der Waals surface area contributed by atoms with Crippen molar-refractivity contribution < 1.29 is 18.8 Å². The molecule has 0 spiro atoms. The second-order valence-corrected chi connectivity index (χ2v) is 4.97. The van der Waals surface area contributed by atoms with Gasteiger partial charge in [-0.25, -0.2) is 4.39 Å². The maximum Gasteiger partial charge on any atom is 0.292 e. The molecule has 0 bridgehead atoms. The van der Waals surface area contributed by atoms with Crippen molar-refractivity contribution in [2.45, 2.75) is 13.0 Å². The lowest BCUT2D eigenvalue weighted by Crippen LogP contribution is -2.32. The summed E-state index contributed by atoms with van der Waals surface area (Å²) in [5, 5.41) is 16.4. The third kappa shape index (κ3) is 3.97. The third-order valence-electron chi connectivity index (χ3n) is 3.29. The van der Waals surface area contributed by atoms with Gasteiger partial charge in [-0.05, 0) is 25.1 Å². The molecule has 8 heteroatoms. The number of rotatable bonds is 6. The van der Waals surface area contributed by atoms with Crippen LogP contribution in [0.2, 0.25) is 0 Å². The van der Waals surface area contributed by atoms with Crippen molar-refractivity contribution >= 4 is 23.0 Å². The van der Waals surface area contributed by atoms with E-state index in [-0.39, 0.29) is 17.1 Å². The van der Waals surface area contributed by atoms with Gasteiger partial charge in [-0.2, -0.15) is 0 Å². The highest BCUT2D eigenvalue weighted by Gasteiger charge is 2.19. The van der Waals surface area contributed by atoms with Crippen LogP contribution in [-0.4, -0.2) is 24.0 Å². The standard InChI is InChI=1S/C16H16FN3O4/c1-10(18-13-8-7-11(17)9-15(13)24-2)16(21)19-12-5-3-4-6-14(12)20(22)23/h3-10,18H,1-2H3,(H,19,21). The zero-order valence-electron chi connectivity index (χ0n) is 13.1. The first-order valence-electron chi connectivity index (χ1n) is 7.06. The Morgan fingerprint density at radius 2 is 1.96 bits per heavy atom. The molecule has 0 saturated heterocycles. The number of hydrogen-bond donors (Lipinski definition) is 2. The lowest BCUT2D eigenvalue weighted by Gasteiger charge is -2.17. The molecule has 126 valence electrons.